The van der Waals surface area contributed by atoms with Gasteiger partial charge in [-0.05, 0) is 23.1 Å². The third kappa shape index (κ3) is 4.33. The predicted molar refractivity (Wildman–Crippen MR) is 93.7 cm³/mol. The van der Waals surface area contributed by atoms with E-state index in [0.717, 1.165) is 5.56 Å². The Morgan fingerprint density at radius 1 is 1.29 bits per heavy atom. The molecule has 0 bridgehead atoms. The van der Waals surface area contributed by atoms with Crippen molar-refractivity contribution in [1.82, 2.24) is 4.90 Å². The molecule has 7 heteroatoms. The lowest BCUT2D eigenvalue weighted by atomic mass is 9.88. The summed E-state index contributed by atoms with van der Waals surface area (Å²) in [5.41, 5.74) is 0.525. The fourth-order valence-electron chi connectivity index (χ4n) is 2.81. The van der Waals surface area contributed by atoms with Gasteiger partial charge in [0.25, 0.3) is 0 Å². The Balaban J connectivity index is 2.42. The molecule has 1 saturated heterocycles. The van der Waals surface area contributed by atoms with Gasteiger partial charge in [0.2, 0.25) is 0 Å². The van der Waals surface area contributed by atoms with E-state index in [1.807, 2.05) is 20.8 Å². The largest absolute Gasteiger partial charge is 0.465 e. The zero-order chi connectivity index (χ0) is 18.1. The molecule has 1 amide bonds. The summed E-state index contributed by atoms with van der Waals surface area (Å²) in [6, 6.07) is 5.20. The van der Waals surface area contributed by atoms with Crippen LogP contribution in [0.15, 0.2) is 18.2 Å². The first-order valence-electron chi connectivity index (χ1n) is 7.82. The lowest BCUT2D eigenvalue weighted by molar-refractivity contribution is -0.0827. The number of ether oxygens (including phenoxy) is 1. The van der Waals surface area contributed by atoms with Crippen molar-refractivity contribution in [3.8, 4) is 0 Å². The highest BCUT2D eigenvalue weighted by atomic mass is 35.5. The Morgan fingerprint density at radius 3 is 2.46 bits per heavy atom. The van der Waals surface area contributed by atoms with Crippen LogP contribution in [0.3, 0.4) is 0 Å². The van der Waals surface area contributed by atoms with Crippen LogP contribution in [0.1, 0.15) is 32.4 Å². The van der Waals surface area contributed by atoms with Crippen molar-refractivity contribution in [2.45, 2.75) is 33.0 Å². The maximum Gasteiger partial charge on any atom is 0.407 e. The summed E-state index contributed by atoms with van der Waals surface area (Å²) in [6.45, 7) is 6.27. The van der Waals surface area contributed by atoms with Crippen molar-refractivity contribution < 1.29 is 19.7 Å². The highest BCUT2D eigenvalue weighted by Crippen LogP contribution is 2.38. The first kappa shape index (κ1) is 19.3. The second-order valence-corrected chi connectivity index (χ2v) is 8.03. The highest BCUT2D eigenvalue weighted by Gasteiger charge is 2.39. The topological polar surface area (TPSA) is 70.0 Å². The van der Waals surface area contributed by atoms with E-state index in [0.29, 0.717) is 10.0 Å². The molecule has 2 rings (SSSR count). The maximum atomic E-state index is 11.5. The van der Waals surface area contributed by atoms with Crippen LogP contribution in [0.2, 0.25) is 10.0 Å². The average Bonchev–Trinajstić information content (AvgIpc) is 2.69. The second-order valence-electron chi connectivity index (χ2n) is 7.22. The third-order valence-corrected chi connectivity index (χ3v) is 5.06. The van der Waals surface area contributed by atoms with Gasteiger partial charge in [-0.25, -0.2) is 4.79 Å². The molecular formula is C17H23Cl2NO4. The van der Waals surface area contributed by atoms with Gasteiger partial charge in [0, 0.05) is 12.5 Å². The van der Waals surface area contributed by atoms with Crippen LogP contribution in [0.4, 0.5) is 4.79 Å². The normalized spacial score (nSPS) is 25.4. The summed E-state index contributed by atoms with van der Waals surface area (Å²) in [5, 5.41) is 20.1. The monoisotopic (exact) mass is 375 g/mol. The van der Waals surface area contributed by atoms with E-state index >= 15 is 0 Å². The van der Waals surface area contributed by atoms with Crippen LogP contribution in [0, 0.1) is 11.3 Å². The number of benzene rings is 1. The Morgan fingerprint density at radius 2 is 1.96 bits per heavy atom. The van der Waals surface area contributed by atoms with Crippen molar-refractivity contribution in [3.05, 3.63) is 33.8 Å². The molecule has 0 spiro atoms. The van der Waals surface area contributed by atoms with Gasteiger partial charge in [-0.3, -0.25) is 0 Å². The van der Waals surface area contributed by atoms with Gasteiger partial charge in [0.05, 0.1) is 35.4 Å². The van der Waals surface area contributed by atoms with Crippen LogP contribution in [-0.2, 0) is 4.74 Å². The van der Waals surface area contributed by atoms with Crippen LogP contribution >= 0.6 is 23.2 Å². The molecule has 2 N–H and O–H groups in total. The van der Waals surface area contributed by atoms with Crippen molar-refractivity contribution >= 4 is 29.3 Å². The molecule has 1 aliphatic rings. The van der Waals surface area contributed by atoms with E-state index in [9.17, 15) is 15.0 Å². The number of carboxylic acid groups (broad SMARTS) is 1. The van der Waals surface area contributed by atoms with Gasteiger partial charge in [-0.15, -0.1) is 0 Å². The second kappa shape index (κ2) is 7.48. The number of nitrogens with zero attached hydrogens (tertiary/aromatic N) is 1. The number of hydrogen-bond donors (Lipinski definition) is 2. The molecule has 134 valence electrons. The zero-order valence-electron chi connectivity index (χ0n) is 14.0. The quantitative estimate of drug-likeness (QED) is 0.817. The highest BCUT2D eigenvalue weighted by molar-refractivity contribution is 6.42. The van der Waals surface area contributed by atoms with E-state index in [2.05, 4.69) is 0 Å². The number of aliphatic hydroxyl groups excluding tert-OH is 1. The summed E-state index contributed by atoms with van der Waals surface area (Å²) in [5.74, 6) is -0.384. The fourth-order valence-corrected chi connectivity index (χ4v) is 3.12. The van der Waals surface area contributed by atoms with Gasteiger partial charge in [0.1, 0.15) is 0 Å². The van der Waals surface area contributed by atoms with E-state index in [-0.39, 0.29) is 37.1 Å². The molecule has 0 radical (unpaired) electrons. The Bertz CT molecular complexity index is 603. The fraction of sp³-hybridized carbons (Fsp3) is 0.588. The number of aliphatic hydroxyl groups is 1. The Kier molecular flexibility index (Phi) is 6.02. The summed E-state index contributed by atoms with van der Waals surface area (Å²) < 4.78 is 6.27. The molecule has 1 aromatic rings. The van der Waals surface area contributed by atoms with Gasteiger partial charge in [-0.2, -0.15) is 0 Å². The van der Waals surface area contributed by atoms with Crippen LogP contribution < -0.4 is 0 Å². The molecule has 0 aromatic heterocycles. The number of amides is 1. The summed E-state index contributed by atoms with van der Waals surface area (Å²) in [7, 11) is 0. The smallest absolute Gasteiger partial charge is 0.407 e. The zero-order valence-corrected chi connectivity index (χ0v) is 15.5. The minimum atomic E-state index is -1.01. The molecule has 1 fully saturated rings. The van der Waals surface area contributed by atoms with Crippen LogP contribution in [0.5, 0.6) is 0 Å². The van der Waals surface area contributed by atoms with Gasteiger partial charge in [0.15, 0.2) is 0 Å². The van der Waals surface area contributed by atoms with Crippen molar-refractivity contribution in [2.24, 2.45) is 11.3 Å². The molecule has 1 aliphatic heterocycles. The number of rotatable bonds is 2. The molecule has 1 unspecified atom stereocenters. The molecule has 3 atom stereocenters. The summed E-state index contributed by atoms with van der Waals surface area (Å²) in [4.78, 5) is 12.8. The molecule has 0 saturated carbocycles. The SMILES string of the molecule is CC(C)(C)C1CN(C(=O)O)C[C@H](CO)[C@@H](c2ccc(Cl)c(Cl)c2)O1. The first-order chi connectivity index (χ1) is 11.1. The number of carbonyl (C=O) groups is 1. The maximum absolute atomic E-state index is 11.5. The van der Waals surface area contributed by atoms with E-state index in [1.165, 1.54) is 4.90 Å². The molecular weight excluding hydrogens is 353 g/mol. The van der Waals surface area contributed by atoms with Crippen LogP contribution in [0.25, 0.3) is 0 Å². The lowest BCUT2D eigenvalue weighted by Crippen LogP contribution is -2.42. The minimum Gasteiger partial charge on any atom is -0.465 e. The number of halogens is 2. The van der Waals surface area contributed by atoms with Gasteiger partial charge < -0.3 is 19.8 Å². The molecule has 5 nitrogen and oxygen atoms in total. The van der Waals surface area contributed by atoms with Crippen molar-refractivity contribution in [2.75, 3.05) is 19.7 Å². The average molecular weight is 376 g/mol. The van der Waals surface area contributed by atoms with E-state index in [1.54, 1.807) is 18.2 Å². The molecule has 24 heavy (non-hydrogen) atoms. The Hall–Kier alpha value is -1.01. The first-order valence-corrected chi connectivity index (χ1v) is 8.58. The van der Waals surface area contributed by atoms with Gasteiger partial charge >= 0.3 is 6.09 Å². The summed E-state index contributed by atoms with van der Waals surface area (Å²) >= 11 is 12.1. The van der Waals surface area contributed by atoms with E-state index in [4.69, 9.17) is 27.9 Å². The number of hydrogen-bond acceptors (Lipinski definition) is 3. The minimum absolute atomic E-state index is 0.189. The van der Waals surface area contributed by atoms with Crippen molar-refractivity contribution in [3.63, 3.8) is 0 Å². The van der Waals surface area contributed by atoms with Gasteiger partial charge in [-0.1, -0.05) is 50.0 Å². The molecule has 1 aromatic carbocycles. The lowest BCUT2D eigenvalue weighted by Gasteiger charge is -2.34. The molecule has 1 heterocycles. The van der Waals surface area contributed by atoms with E-state index < -0.39 is 12.2 Å². The van der Waals surface area contributed by atoms with Crippen molar-refractivity contribution in [1.29, 1.82) is 0 Å². The predicted octanol–water partition coefficient (Wildman–Crippen LogP) is 4.07. The third-order valence-electron chi connectivity index (χ3n) is 4.32. The Labute approximate surface area is 152 Å². The van der Waals surface area contributed by atoms with Crippen LogP contribution in [-0.4, -0.2) is 47.0 Å². The standard InChI is InChI=1S/C17H23Cl2NO4/c1-17(2,3)14-8-20(16(22)23)7-11(9-21)15(24-14)10-4-5-12(18)13(19)6-10/h4-6,11,14-15,21H,7-9H2,1-3H3,(H,22,23)/t11-,14?,15-/m1/s1. The molecule has 0 aliphatic carbocycles. The summed E-state index contributed by atoms with van der Waals surface area (Å²) in [6.07, 6.45) is -1.79.